The zero-order chi connectivity index (χ0) is 32.5. The molecule has 48 heavy (non-hydrogen) atoms. The summed E-state index contributed by atoms with van der Waals surface area (Å²) in [6.07, 6.45) is 0. The van der Waals surface area contributed by atoms with Crippen molar-refractivity contribution < 1.29 is 0 Å². The van der Waals surface area contributed by atoms with Gasteiger partial charge in [-0.1, -0.05) is 121 Å². The van der Waals surface area contributed by atoms with E-state index in [2.05, 4.69) is 91.0 Å². The number of benzene rings is 7. The highest BCUT2D eigenvalue weighted by molar-refractivity contribution is 6.05. The van der Waals surface area contributed by atoms with Gasteiger partial charge in [0.05, 0.1) is 34.5 Å². The van der Waals surface area contributed by atoms with Gasteiger partial charge in [0.2, 0.25) is 0 Å². The van der Waals surface area contributed by atoms with Crippen LogP contribution < -0.4 is 0 Å². The fourth-order valence-electron chi connectivity index (χ4n) is 6.41. The Hall–Kier alpha value is -6.88. The monoisotopic (exact) mass is 610 g/mol. The minimum absolute atomic E-state index is 0.569. The molecule has 0 saturated heterocycles. The average Bonchev–Trinajstić information content (AvgIpc) is 3.17. The Bertz CT molecular complexity index is 2570. The van der Waals surface area contributed by atoms with Gasteiger partial charge in [-0.15, -0.1) is 0 Å². The SMILES string of the molecule is N#Cc1cccc(-c2cc(C#N)cc(-c3ccc(-c4ccc(-c5nc(-c6ccccc6)c6ccccc6n5)cc4)c4ccccc34)c2)c1. The van der Waals surface area contributed by atoms with E-state index in [0.717, 1.165) is 71.9 Å². The number of rotatable bonds is 5. The van der Waals surface area contributed by atoms with Gasteiger partial charge in [0, 0.05) is 16.5 Å². The Labute approximate surface area is 278 Å². The van der Waals surface area contributed by atoms with E-state index < -0.39 is 0 Å². The molecule has 222 valence electrons. The summed E-state index contributed by atoms with van der Waals surface area (Å²) >= 11 is 0. The van der Waals surface area contributed by atoms with E-state index in [4.69, 9.17) is 9.97 Å². The summed E-state index contributed by atoms with van der Waals surface area (Å²) in [6, 6.07) is 57.4. The number of nitriles is 2. The van der Waals surface area contributed by atoms with Gasteiger partial charge in [0.15, 0.2) is 5.82 Å². The van der Waals surface area contributed by atoms with Crippen molar-refractivity contribution in [1.29, 1.82) is 10.5 Å². The first kappa shape index (κ1) is 28.6. The van der Waals surface area contributed by atoms with E-state index in [1.807, 2.05) is 72.8 Å². The van der Waals surface area contributed by atoms with Crippen molar-refractivity contribution in [2.24, 2.45) is 0 Å². The number of hydrogen-bond donors (Lipinski definition) is 0. The summed E-state index contributed by atoms with van der Waals surface area (Å²) in [5.41, 5.74) is 11.0. The van der Waals surface area contributed by atoms with Crippen LogP contribution in [-0.2, 0) is 0 Å². The lowest BCUT2D eigenvalue weighted by atomic mass is 9.90. The van der Waals surface area contributed by atoms with Gasteiger partial charge in [-0.05, 0) is 80.6 Å². The van der Waals surface area contributed by atoms with E-state index in [9.17, 15) is 10.5 Å². The Morgan fingerprint density at radius 3 is 1.69 bits per heavy atom. The summed E-state index contributed by atoms with van der Waals surface area (Å²) in [6.45, 7) is 0. The maximum Gasteiger partial charge on any atom is 0.160 e. The lowest BCUT2D eigenvalue weighted by Crippen LogP contribution is -1.95. The molecule has 0 aliphatic rings. The molecule has 1 aromatic heterocycles. The fourth-order valence-corrected chi connectivity index (χ4v) is 6.41. The second-order valence-electron chi connectivity index (χ2n) is 11.7. The smallest absolute Gasteiger partial charge is 0.160 e. The predicted octanol–water partition coefficient (Wildman–Crippen LogP) is 10.9. The molecular formula is C44H26N4. The van der Waals surface area contributed by atoms with Gasteiger partial charge in [-0.2, -0.15) is 10.5 Å². The Morgan fingerprint density at radius 1 is 0.375 bits per heavy atom. The number of hydrogen-bond acceptors (Lipinski definition) is 4. The summed E-state index contributed by atoms with van der Waals surface area (Å²) in [5, 5.41) is 22.6. The van der Waals surface area contributed by atoms with Crippen molar-refractivity contribution >= 4 is 21.7 Å². The van der Waals surface area contributed by atoms with Crippen LogP contribution in [0, 0.1) is 22.7 Å². The van der Waals surface area contributed by atoms with Crippen LogP contribution in [0.5, 0.6) is 0 Å². The highest BCUT2D eigenvalue weighted by atomic mass is 14.9. The molecule has 0 saturated carbocycles. The van der Waals surface area contributed by atoms with E-state index in [0.29, 0.717) is 17.0 Å². The van der Waals surface area contributed by atoms with Crippen LogP contribution in [0.3, 0.4) is 0 Å². The molecule has 0 aliphatic carbocycles. The van der Waals surface area contributed by atoms with Crippen LogP contribution in [0.2, 0.25) is 0 Å². The van der Waals surface area contributed by atoms with Crippen LogP contribution in [-0.4, -0.2) is 9.97 Å². The summed E-state index contributed by atoms with van der Waals surface area (Å²) < 4.78 is 0. The zero-order valence-electron chi connectivity index (χ0n) is 25.8. The summed E-state index contributed by atoms with van der Waals surface area (Å²) in [5.74, 6) is 0.688. The average molecular weight is 611 g/mol. The number of nitrogens with zero attached hydrogens (tertiary/aromatic N) is 4. The Kier molecular flexibility index (Phi) is 7.23. The van der Waals surface area contributed by atoms with Crippen molar-refractivity contribution in [3.63, 3.8) is 0 Å². The normalized spacial score (nSPS) is 10.9. The van der Waals surface area contributed by atoms with E-state index in [1.54, 1.807) is 6.07 Å². The molecule has 0 amide bonds. The summed E-state index contributed by atoms with van der Waals surface area (Å²) in [7, 11) is 0. The molecule has 0 bridgehead atoms. The lowest BCUT2D eigenvalue weighted by molar-refractivity contribution is 1.23. The third-order valence-electron chi connectivity index (χ3n) is 8.73. The first-order valence-electron chi connectivity index (χ1n) is 15.7. The molecule has 4 nitrogen and oxygen atoms in total. The molecule has 8 aromatic rings. The maximum absolute atomic E-state index is 9.91. The van der Waals surface area contributed by atoms with Crippen molar-refractivity contribution in [3.8, 4) is 68.2 Å². The van der Waals surface area contributed by atoms with Crippen molar-refractivity contribution in [1.82, 2.24) is 9.97 Å². The molecule has 8 rings (SSSR count). The van der Waals surface area contributed by atoms with Crippen LogP contribution in [0.4, 0.5) is 0 Å². The third-order valence-corrected chi connectivity index (χ3v) is 8.73. The Balaban J connectivity index is 1.20. The molecule has 0 atom stereocenters. The number of para-hydroxylation sites is 1. The van der Waals surface area contributed by atoms with Crippen LogP contribution >= 0.6 is 0 Å². The van der Waals surface area contributed by atoms with Gasteiger partial charge >= 0.3 is 0 Å². The quantitative estimate of drug-likeness (QED) is 0.194. The molecule has 0 fully saturated rings. The van der Waals surface area contributed by atoms with E-state index >= 15 is 0 Å². The fraction of sp³-hybridized carbons (Fsp3) is 0. The van der Waals surface area contributed by atoms with Gasteiger partial charge in [0.1, 0.15) is 0 Å². The van der Waals surface area contributed by atoms with Crippen LogP contribution in [0.1, 0.15) is 11.1 Å². The van der Waals surface area contributed by atoms with Crippen LogP contribution in [0.15, 0.2) is 158 Å². The molecule has 0 unspecified atom stereocenters. The van der Waals surface area contributed by atoms with Gasteiger partial charge in [-0.25, -0.2) is 9.97 Å². The second-order valence-corrected chi connectivity index (χ2v) is 11.7. The largest absolute Gasteiger partial charge is 0.228 e. The first-order chi connectivity index (χ1) is 23.7. The first-order valence-corrected chi connectivity index (χ1v) is 15.7. The standard InChI is InChI=1S/C44H26N4/c45-27-29-9-8-12-34(23-29)35-24-30(28-46)25-36(26-35)38-22-21-37(39-13-4-5-14-40(38)39)31-17-19-33(20-18-31)44-47-42-16-7-6-15-41(42)43(48-44)32-10-2-1-3-11-32/h1-26H. The third kappa shape index (κ3) is 5.24. The minimum Gasteiger partial charge on any atom is -0.228 e. The molecule has 7 aromatic carbocycles. The number of aromatic nitrogens is 2. The summed E-state index contributed by atoms with van der Waals surface area (Å²) in [4.78, 5) is 9.97. The van der Waals surface area contributed by atoms with E-state index in [1.165, 1.54) is 0 Å². The Morgan fingerprint density at radius 2 is 0.958 bits per heavy atom. The highest BCUT2D eigenvalue weighted by Gasteiger charge is 2.14. The molecule has 4 heteroatoms. The molecule has 0 aliphatic heterocycles. The van der Waals surface area contributed by atoms with E-state index in [-0.39, 0.29) is 0 Å². The predicted molar refractivity (Wildman–Crippen MR) is 194 cm³/mol. The molecule has 1 heterocycles. The topological polar surface area (TPSA) is 73.4 Å². The molecule has 0 spiro atoms. The van der Waals surface area contributed by atoms with Crippen molar-refractivity contribution in [2.75, 3.05) is 0 Å². The van der Waals surface area contributed by atoms with Crippen molar-refractivity contribution in [2.45, 2.75) is 0 Å². The molecule has 0 N–H and O–H groups in total. The second kappa shape index (κ2) is 12.1. The lowest BCUT2D eigenvalue weighted by Gasteiger charge is -2.14. The zero-order valence-corrected chi connectivity index (χ0v) is 25.8. The molecular weight excluding hydrogens is 585 g/mol. The molecule has 0 radical (unpaired) electrons. The van der Waals surface area contributed by atoms with Crippen LogP contribution in [0.25, 0.3) is 77.7 Å². The van der Waals surface area contributed by atoms with Gasteiger partial charge in [0.25, 0.3) is 0 Å². The van der Waals surface area contributed by atoms with Gasteiger partial charge in [-0.3, -0.25) is 0 Å². The highest BCUT2D eigenvalue weighted by Crippen LogP contribution is 2.38. The maximum atomic E-state index is 9.91. The van der Waals surface area contributed by atoms with Gasteiger partial charge < -0.3 is 0 Å². The number of fused-ring (bicyclic) bond motifs is 2. The minimum atomic E-state index is 0.569. The van der Waals surface area contributed by atoms with Crippen molar-refractivity contribution in [3.05, 3.63) is 169 Å².